The number of piperidine rings is 1. The molecule has 1 saturated heterocycles. The van der Waals surface area contributed by atoms with Gasteiger partial charge in [-0.25, -0.2) is 13.4 Å². The maximum Gasteiger partial charge on any atom is 0.243 e. The molecule has 2 heterocycles. The van der Waals surface area contributed by atoms with Crippen molar-refractivity contribution in [1.82, 2.24) is 9.29 Å². The van der Waals surface area contributed by atoms with E-state index >= 15 is 0 Å². The summed E-state index contributed by atoms with van der Waals surface area (Å²) in [6, 6.07) is 20.5. The number of carbonyl (C=O) groups is 1. The summed E-state index contributed by atoms with van der Waals surface area (Å²) in [6.07, 6.45) is 1.30. The van der Waals surface area contributed by atoms with E-state index in [-0.39, 0.29) is 17.3 Å². The number of benzene rings is 3. The Morgan fingerprint density at radius 2 is 1.88 bits per heavy atom. The zero-order valence-corrected chi connectivity index (χ0v) is 20.4. The van der Waals surface area contributed by atoms with Crippen LogP contribution in [-0.4, -0.2) is 36.7 Å². The molecule has 1 aromatic heterocycles. The van der Waals surface area contributed by atoms with Gasteiger partial charge < -0.3 is 5.32 Å². The van der Waals surface area contributed by atoms with Crippen molar-refractivity contribution >= 4 is 43.7 Å². The third-order valence-corrected chi connectivity index (χ3v) is 8.79. The van der Waals surface area contributed by atoms with Gasteiger partial charge in [0.15, 0.2) is 0 Å². The zero-order chi connectivity index (χ0) is 23.7. The van der Waals surface area contributed by atoms with Crippen LogP contribution in [0.1, 0.15) is 17.8 Å². The fraction of sp³-hybridized carbons (Fsp3) is 0.231. The molecule has 1 N–H and O–H groups in total. The minimum absolute atomic E-state index is 0.162. The fourth-order valence-corrected chi connectivity index (χ4v) is 6.53. The predicted molar refractivity (Wildman–Crippen MR) is 136 cm³/mol. The van der Waals surface area contributed by atoms with E-state index in [0.29, 0.717) is 25.1 Å². The van der Waals surface area contributed by atoms with Gasteiger partial charge in [-0.3, -0.25) is 4.79 Å². The van der Waals surface area contributed by atoms with Gasteiger partial charge in [0.2, 0.25) is 15.9 Å². The molecule has 0 aliphatic carbocycles. The number of fused-ring (bicyclic) bond motifs is 1. The van der Waals surface area contributed by atoms with E-state index in [4.69, 9.17) is 0 Å². The summed E-state index contributed by atoms with van der Waals surface area (Å²) in [4.78, 5) is 17.8. The summed E-state index contributed by atoms with van der Waals surface area (Å²) in [5.41, 5.74) is 2.50. The molecule has 1 amide bonds. The van der Waals surface area contributed by atoms with Crippen LogP contribution in [0.3, 0.4) is 0 Å². The highest BCUT2D eigenvalue weighted by Gasteiger charge is 2.33. The number of rotatable bonds is 5. The van der Waals surface area contributed by atoms with Gasteiger partial charge in [-0.2, -0.15) is 4.31 Å². The largest absolute Gasteiger partial charge is 0.326 e. The molecule has 1 aliphatic heterocycles. The lowest BCUT2D eigenvalue weighted by molar-refractivity contribution is -0.120. The number of carbonyl (C=O) groups excluding carboxylic acids is 1. The minimum atomic E-state index is -3.69. The molecular weight excluding hydrogens is 466 g/mol. The quantitative estimate of drug-likeness (QED) is 0.410. The Morgan fingerprint density at radius 3 is 2.68 bits per heavy atom. The summed E-state index contributed by atoms with van der Waals surface area (Å²) in [5, 5.41) is 7.83. The standard InChI is InChI=1S/C26H25N3O3S2/c1-18-27-25(17-33-18)21-8-4-10-23(14-21)28-26(30)22-9-5-13-29(16-22)34(31,32)24-12-11-19-6-2-3-7-20(19)15-24/h2-4,6-8,10-12,14-15,17,22H,5,9,13,16H2,1H3,(H,28,30)/t22-/m0/s1. The molecule has 0 spiro atoms. The molecule has 6 nitrogen and oxygen atoms in total. The first-order valence-corrected chi connectivity index (χ1v) is 13.5. The third kappa shape index (κ3) is 4.61. The smallest absolute Gasteiger partial charge is 0.243 e. The van der Waals surface area contributed by atoms with Gasteiger partial charge in [0.1, 0.15) is 0 Å². The van der Waals surface area contributed by atoms with Gasteiger partial charge in [-0.15, -0.1) is 11.3 Å². The Morgan fingerprint density at radius 1 is 1.06 bits per heavy atom. The topological polar surface area (TPSA) is 79.4 Å². The number of amides is 1. The fourth-order valence-electron chi connectivity index (χ4n) is 4.35. The van der Waals surface area contributed by atoms with Crippen molar-refractivity contribution in [2.24, 2.45) is 5.92 Å². The van der Waals surface area contributed by atoms with Crippen molar-refractivity contribution in [1.29, 1.82) is 0 Å². The third-order valence-electron chi connectivity index (χ3n) is 6.16. The number of aryl methyl sites for hydroxylation is 1. The lowest BCUT2D eigenvalue weighted by Crippen LogP contribution is -2.43. The SMILES string of the molecule is Cc1nc(-c2cccc(NC(=O)[C@H]3CCCN(S(=O)(=O)c4ccc5ccccc5c4)C3)c2)cs1. The normalized spacial score (nSPS) is 17.0. The van der Waals surface area contributed by atoms with Crippen molar-refractivity contribution in [2.75, 3.05) is 18.4 Å². The van der Waals surface area contributed by atoms with Crippen molar-refractivity contribution in [3.8, 4) is 11.3 Å². The van der Waals surface area contributed by atoms with E-state index in [9.17, 15) is 13.2 Å². The summed E-state index contributed by atoms with van der Waals surface area (Å²) < 4.78 is 28.1. The average molecular weight is 492 g/mol. The van der Waals surface area contributed by atoms with E-state index in [1.165, 1.54) is 4.31 Å². The predicted octanol–water partition coefficient (Wildman–Crippen LogP) is 5.31. The molecule has 8 heteroatoms. The lowest BCUT2D eigenvalue weighted by Gasteiger charge is -2.31. The van der Waals surface area contributed by atoms with Crippen LogP contribution < -0.4 is 5.32 Å². The molecule has 0 radical (unpaired) electrons. The Labute approximate surface area is 203 Å². The molecule has 1 aliphatic rings. The molecule has 1 fully saturated rings. The van der Waals surface area contributed by atoms with Gasteiger partial charge in [-0.1, -0.05) is 42.5 Å². The Balaban J connectivity index is 1.31. The minimum Gasteiger partial charge on any atom is -0.326 e. The molecule has 1 atom stereocenters. The van der Waals surface area contributed by atoms with E-state index in [1.807, 2.05) is 66.9 Å². The van der Waals surface area contributed by atoms with Crippen molar-refractivity contribution < 1.29 is 13.2 Å². The molecular formula is C26H25N3O3S2. The molecule has 34 heavy (non-hydrogen) atoms. The number of nitrogens with one attached hydrogen (secondary N) is 1. The molecule has 174 valence electrons. The number of sulfonamides is 1. The van der Waals surface area contributed by atoms with Gasteiger partial charge >= 0.3 is 0 Å². The first kappa shape index (κ1) is 22.7. The average Bonchev–Trinajstić information content (AvgIpc) is 3.30. The maximum absolute atomic E-state index is 13.3. The number of nitrogens with zero attached hydrogens (tertiary/aromatic N) is 2. The number of thiazole rings is 1. The number of aromatic nitrogens is 1. The molecule has 3 aromatic carbocycles. The van der Waals surface area contributed by atoms with Gasteiger partial charge in [0, 0.05) is 29.7 Å². The molecule has 0 unspecified atom stereocenters. The van der Waals surface area contributed by atoms with Crippen molar-refractivity contribution in [3.05, 3.63) is 77.1 Å². The molecule has 4 aromatic rings. The van der Waals surface area contributed by atoms with Crippen LogP contribution >= 0.6 is 11.3 Å². The second kappa shape index (κ2) is 9.29. The van der Waals surface area contributed by atoms with Crippen LogP contribution in [0, 0.1) is 12.8 Å². The number of hydrogen-bond donors (Lipinski definition) is 1. The van der Waals surface area contributed by atoms with E-state index in [2.05, 4.69) is 10.3 Å². The van der Waals surface area contributed by atoms with Gasteiger partial charge in [-0.05, 0) is 54.8 Å². The second-order valence-corrected chi connectivity index (χ2v) is 11.5. The van der Waals surface area contributed by atoms with Gasteiger partial charge in [0.25, 0.3) is 0 Å². The van der Waals surface area contributed by atoms with E-state index in [1.54, 1.807) is 23.5 Å². The van der Waals surface area contributed by atoms with Crippen LogP contribution in [0.15, 0.2) is 77.0 Å². The van der Waals surface area contributed by atoms with Crippen molar-refractivity contribution in [2.45, 2.75) is 24.7 Å². The first-order valence-electron chi connectivity index (χ1n) is 11.2. The van der Waals surface area contributed by atoms with Crippen LogP contribution in [0.25, 0.3) is 22.0 Å². The van der Waals surface area contributed by atoms with Crippen LogP contribution in [-0.2, 0) is 14.8 Å². The Kier molecular flexibility index (Phi) is 6.20. The Hall–Kier alpha value is -3.07. The van der Waals surface area contributed by atoms with Crippen molar-refractivity contribution in [3.63, 3.8) is 0 Å². The van der Waals surface area contributed by atoms with Gasteiger partial charge in [0.05, 0.1) is 21.5 Å². The molecule has 0 saturated carbocycles. The summed E-state index contributed by atoms with van der Waals surface area (Å²) >= 11 is 1.58. The number of anilines is 1. The lowest BCUT2D eigenvalue weighted by atomic mass is 9.98. The van der Waals surface area contributed by atoms with Crippen LogP contribution in [0.4, 0.5) is 5.69 Å². The van der Waals surface area contributed by atoms with Crippen LogP contribution in [0.2, 0.25) is 0 Å². The second-order valence-electron chi connectivity index (χ2n) is 8.53. The zero-order valence-electron chi connectivity index (χ0n) is 18.8. The molecule has 5 rings (SSSR count). The Bertz CT molecular complexity index is 1460. The van der Waals surface area contributed by atoms with Crippen LogP contribution in [0.5, 0.6) is 0 Å². The maximum atomic E-state index is 13.3. The monoisotopic (exact) mass is 491 g/mol. The van der Waals surface area contributed by atoms with E-state index < -0.39 is 15.9 Å². The highest BCUT2D eigenvalue weighted by atomic mass is 32.2. The van der Waals surface area contributed by atoms with E-state index in [0.717, 1.165) is 27.0 Å². The first-order chi connectivity index (χ1) is 16.4. The summed E-state index contributed by atoms with van der Waals surface area (Å²) in [7, 11) is -3.69. The summed E-state index contributed by atoms with van der Waals surface area (Å²) in [5.74, 6) is -0.570. The molecule has 0 bridgehead atoms. The summed E-state index contributed by atoms with van der Waals surface area (Å²) in [6.45, 7) is 2.55. The number of hydrogen-bond acceptors (Lipinski definition) is 5. The highest BCUT2D eigenvalue weighted by Crippen LogP contribution is 2.28. The highest BCUT2D eigenvalue weighted by molar-refractivity contribution is 7.89.